The lowest BCUT2D eigenvalue weighted by atomic mass is 9.44. The minimum absolute atomic E-state index is 0.0531. The second-order valence-electron chi connectivity index (χ2n) is 9.88. The van der Waals surface area contributed by atoms with Gasteiger partial charge in [-0.15, -0.1) is 0 Å². The predicted molar refractivity (Wildman–Crippen MR) is 93.5 cm³/mol. The SMILES string of the molecule is C[C@]12CC(=CO)C(=O)CC1CC[C@@H]1[C@@H]2CC[C@@]2(C)[C@H]1CC[C@@]2(C)O. The molecule has 0 bridgehead atoms. The molecule has 3 nitrogen and oxygen atoms in total. The van der Waals surface area contributed by atoms with Crippen LogP contribution in [-0.2, 0) is 4.79 Å². The Morgan fingerprint density at radius 2 is 1.75 bits per heavy atom. The zero-order valence-corrected chi connectivity index (χ0v) is 15.3. The average Bonchev–Trinajstić information content (AvgIpc) is 2.77. The summed E-state index contributed by atoms with van der Waals surface area (Å²) in [5.41, 5.74) is 0.304. The van der Waals surface area contributed by atoms with Crippen LogP contribution in [-0.4, -0.2) is 21.6 Å². The Morgan fingerprint density at radius 3 is 2.46 bits per heavy atom. The van der Waals surface area contributed by atoms with Crippen LogP contribution in [0, 0.1) is 34.5 Å². The Morgan fingerprint density at radius 1 is 1.04 bits per heavy atom. The number of aliphatic hydroxyl groups is 2. The molecule has 3 heteroatoms. The van der Waals surface area contributed by atoms with E-state index < -0.39 is 5.60 Å². The van der Waals surface area contributed by atoms with Crippen LogP contribution in [0.1, 0.15) is 72.1 Å². The maximum absolute atomic E-state index is 12.2. The molecule has 4 fully saturated rings. The third-order valence-corrected chi connectivity index (χ3v) is 9.14. The van der Waals surface area contributed by atoms with Crippen LogP contribution in [0.15, 0.2) is 11.8 Å². The van der Waals surface area contributed by atoms with Gasteiger partial charge in [0.25, 0.3) is 0 Å². The van der Waals surface area contributed by atoms with Crippen molar-refractivity contribution in [2.75, 3.05) is 0 Å². The summed E-state index contributed by atoms with van der Waals surface area (Å²) in [5.74, 6) is 2.55. The summed E-state index contributed by atoms with van der Waals surface area (Å²) in [6, 6.07) is 0. The number of hydrogen-bond donors (Lipinski definition) is 2. The number of carbonyl (C=O) groups excluding carboxylic acids is 1. The molecule has 0 heterocycles. The molecule has 1 unspecified atom stereocenters. The number of aliphatic hydroxyl groups excluding tert-OH is 1. The van der Waals surface area contributed by atoms with Crippen molar-refractivity contribution in [3.05, 3.63) is 11.8 Å². The molecule has 0 aliphatic heterocycles. The van der Waals surface area contributed by atoms with Crippen molar-refractivity contribution in [3.8, 4) is 0 Å². The van der Waals surface area contributed by atoms with Crippen LogP contribution in [0.4, 0.5) is 0 Å². The standard InChI is InChI=1S/C21H32O3/c1-19-11-13(12-22)18(23)10-14(19)4-5-15-16(19)6-8-20(2)17(15)7-9-21(20,3)24/h12,14-17,22,24H,4-11H2,1-3H3/t14?,15-,16+,17+,19+,20+,21-/m1/s1. The normalized spacial score (nSPS) is 55.8. The largest absolute Gasteiger partial charge is 0.515 e. The molecule has 4 aliphatic carbocycles. The van der Waals surface area contributed by atoms with E-state index in [1.54, 1.807) is 0 Å². The molecule has 4 saturated carbocycles. The molecule has 7 atom stereocenters. The average molecular weight is 332 g/mol. The minimum atomic E-state index is -0.529. The van der Waals surface area contributed by atoms with Gasteiger partial charge in [-0.05, 0) is 86.4 Å². The number of allylic oxidation sites excluding steroid dienone is 1. The van der Waals surface area contributed by atoms with Gasteiger partial charge in [0.1, 0.15) is 0 Å². The smallest absolute Gasteiger partial charge is 0.162 e. The number of fused-ring (bicyclic) bond motifs is 5. The number of hydrogen-bond acceptors (Lipinski definition) is 3. The minimum Gasteiger partial charge on any atom is -0.515 e. The van der Waals surface area contributed by atoms with Crippen molar-refractivity contribution in [1.82, 2.24) is 0 Å². The maximum atomic E-state index is 12.2. The lowest BCUT2D eigenvalue weighted by molar-refractivity contribution is -0.147. The Hall–Kier alpha value is -0.830. The van der Waals surface area contributed by atoms with E-state index in [9.17, 15) is 15.0 Å². The van der Waals surface area contributed by atoms with E-state index in [-0.39, 0.29) is 16.6 Å². The van der Waals surface area contributed by atoms with Gasteiger partial charge in [-0.25, -0.2) is 0 Å². The molecule has 0 spiro atoms. The molecular weight excluding hydrogens is 300 g/mol. The second-order valence-corrected chi connectivity index (χ2v) is 9.88. The Bertz CT molecular complexity index is 592. The molecular formula is C21H32O3. The van der Waals surface area contributed by atoms with Gasteiger partial charge in [-0.1, -0.05) is 13.8 Å². The topological polar surface area (TPSA) is 57.5 Å². The number of ketones is 1. The van der Waals surface area contributed by atoms with Gasteiger partial charge in [0.15, 0.2) is 5.78 Å². The highest BCUT2D eigenvalue weighted by atomic mass is 16.3. The Kier molecular flexibility index (Phi) is 3.53. The van der Waals surface area contributed by atoms with Crippen molar-refractivity contribution in [3.63, 3.8) is 0 Å². The first-order valence-corrected chi connectivity index (χ1v) is 9.82. The second kappa shape index (κ2) is 5.09. The van der Waals surface area contributed by atoms with Crippen LogP contribution in [0.2, 0.25) is 0 Å². The van der Waals surface area contributed by atoms with Gasteiger partial charge in [0.05, 0.1) is 11.9 Å². The summed E-state index contributed by atoms with van der Waals surface area (Å²) in [5, 5.41) is 20.5. The van der Waals surface area contributed by atoms with Crippen LogP contribution >= 0.6 is 0 Å². The summed E-state index contributed by atoms with van der Waals surface area (Å²) < 4.78 is 0. The van der Waals surface area contributed by atoms with Gasteiger partial charge in [-0.2, -0.15) is 0 Å². The monoisotopic (exact) mass is 332 g/mol. The van der Waals surface area contributed by atoms with E-state index in [1.807, 2.05) is 6.92 Å². The summed E-state index contributed by atoms with van der Waals surface area (Å²) in [4.78, 5) is 12.2. The van der Waals surface area contributed by atoms with Gasteiger partial charge < -0.3 is 10.2 Å². The molecule has 0 radical (unpaired) electrons. The first-order chi connectivity index (χ1) is 11.2. The number of rotatable bonds is 0. The lowest BCUT2D eigenvalue weighted by Gasteiger charge is -2.61. The van der Waals surface area contributed by atoms with E-state index in [4.69, 9.17) is 0 Å². The molecule has 0 saturated heterocycles. The van der Waals surface area contributed by atoms with E-state index in [1.165, 1.54) is 6.42 Å². The van der Waals surface area contributed by atoms with Crippen LogP contribution in [0.25, 0.3) is 0 Å². The van der Waals surface area contributed by atoms with E-state index in [0.717, 1.165) is 44.8 Å². The van der Waals surface area contributed by atoms with Gasteiger partial charge in [0, 0.05) is 12.0 Å². The van der Waals surface area contributed by atoms with Crippen molar-refractivity contribution < 1.29 is 15.0 Å². The fourth-order valence-electron chi connectivity index (χ4n) is 7.37. The molecule has 0 aromatic carbocycles. The van der Waals surface area contributed by atoms with Gasteiger partial charge >= 0.3 is 0 Å². The fraction of sp³-hybridized carbons (Fsp3) is 0.857. The third-order valence-electron chi connectivity index (χ3n) is 9.14. The highest BCUT2D eigenvalue weighted by molar-refractivity contribution is 5.96. The molecule has 24 heavy (non-hydrogen) atoms. The zero-order chi connectivity index (χ0) is 17.3. The third kappa shape index (κ3) is 1.97. The summed E-state index contributed by atoms with van der Waals surface area (Å²) >= 11 is 0. The predicted octanol–water partition coefficient (Wildman–Crippen LogP) is 4.40. The summed E-state index contributed by atoms with van der Waals surface area (Å²) in [7, 11) is 0. The van der Waals surface area contributed by atoms with Crippen LogP contribution in [0.5, 0.6) is 0 Å². The molecule has 0 aromatic rings. The van der Waals surface area contributed by atoms with Crippen molar-refractivity contribution in [1.29, 1.82) is 0 Å². The number of Topliss-reactive ketones (excluding diaryl/α,β-unsaturated/α-hetero) is 1. The highest BCUT2D eigenvalue weighted by Gasteiger charge is 2.63. The summed E-state index contributed by atoms with van der Waals surface area (Å²) in [6.45, 7) is 6.74. The lowest BCUT2D eigenvalue weighted by Crippen LogP contribution is -2.56. The molecule has 2 N–H and O–H groups in total. The van der Waals surface area contributed by atoms with Crippen LogP contribution in [0.3, 0.4) is 0 Å². The van der Waals surface area contributed by atoms with Crippen molar-refractivity contribution in [2.45, 2.75) is 77.7 Å². The van der Waals surface area contributed by atoms with Crippen molar-refractivity contribution >= 4 is 5.78 Å². The summed E-state index contributed by atoms with van der Waals surface area (Å²) in [6.07, 6.45) is 9.11. The quantitative estimate of drug-likeness (QED) is 0.510. The fourth-order valence-corrected chi connectivity index (χ4v) is 7.37. The van der Waals surface area contributed by atoms with Crippen LogP contribution < -0.4 is 0 Å². The van der Waals surface area contributed by atoms with E-state index in [2.05, 4.69) is 13.8 Å². The van der Waals surface area contributed by atoms with Gasteiger partial charge in [0.2, 0.25) is 0 Å². The molecule has 0 aromatic heterocycles. The zero-order valence-electron chi connectivity index (χ0n) is 15.3. The Labute approximate surface area is 145 Å². The first-order valence-electron chi connectivity index (χ1n) is 9.82. The molecule has 4 aliphatic rings. The first kappa shape index (κ1) is 16.6. The van der Waals surface area contributed by atoms with E-state index in [0.29, 0.717) is 35.7 Å². The maximum Gasteiger partial charge on any atom is 0.162 e. The molecule has 134 valence electrons. The molecule has 4 rings (SSSR count). The number of carbonyl (C=O) groups is 1. The Balaban J connectivity index is 1.67. The van der Waals surface area contributed by atoms with E-state index >= 15 is 0 Å². The molecule has 0 amide bonds. The van der Waals surface area contributed by atoms with Crippen molar-refractivity contribution in [2.24, 2.45) is 34.5 Å². The highest BCUT2D eigenvalue weighted by Crippen LogP contribution is 2.68. The van der Waals surface area contributed by atoms with Gasteiger partial charge in [-0.3, -0.25) is 4.79 Å².